The number of likely N-dealkylation sites (tertiary alicyclic amines) is 1. The number of methoxy groups -OCH3 is 1. The van der Waals surface area contributed by atoms with Crippen molar-refractivity contribution < 1.29 is 23.8 Å². The Hall–Kier alpha value is -4.91. The molecule has 1 N–H and O–H groups in total. The fourth-order valence-corrected chi connectivity index (χ4v) is 7.14. The normalized spacial score (nSPS) is 21.4. The van der Waals surface area contributed by atoms with E-state index in [2.05, 4.69) is 20.4 Å². The minimum absolute atomic E-state index is 0.161. The highest BCUT2D eigenvalue weighted by molar-refractivity contribution is 7.09. The fraction of sp³-hybridized carbons (Fsp3) is 0.333. The number of alkyl halides is 1. The van der Waals surface area contributed by atoms with Gasteiger partial charge in [0, 0.05) is 41.5 Å². The van der Waals surface area contributed by atoms with Gasteiger partial charge in [-0.2, -0.15) is 5.10 Å². The number of benzene rings is 2. The fourth-order valence-electron chi connectivity index (χ4n) is 6.31. The van der Waals surface area contributed by atoms with E-state index in [1.807, 2.05) is 51.1 Å². The molecule has 1 aliphatic heterocycles. The lowest BCUT2D eigenvalue weighted by atomic mass is 9.85. The average molecular weight is 644 g/mol. The van der Waals surface area contributed by atoms with E-state index >= 15 is 4.39 Å². The van der Waals surface area contributed by atoms with Gasteiger partial charge in [0.15, 0.2) is 11.2 Å². The van der Waals surface area contributed by atoms with Crippen LogP contribution in [0.15, 0.2) is 84.8 Å². The first kappa shape index (κ1) is 31.1. The zero-order chi connectivity index (χ0) is 32.7. The van der Waals surface area contributed by atoms with Crippen LogP contribution in [0.3, 0.4) is 0 Å². The number of ether oxygens (including phenoxy) is 1. The lowest BCUT2D eigenvalue weighted by molar-refractivity contribution is -0.150. The first-order valence-corrected chi connectivity index (χ1v) is 15.6. The van der Waals surface area contributed by atoms with Crippen molar-refractivity contribution >= 4 is 23.2 Å². The van der Waals surface area contributed by atoms with Crippen molar-refractivity contribution in [2.24, 2.45) is 0 Å². The van der Waals surface area contributed by atoms with Crippen LogP contribution in [0.5, 0.6) is 5.75 Å². The molecule has 0 saturated carbocycles. The number of hydrogen-bond acceptors (Lipinski definition) is 8. The molecule has 13 heteroatoms. The Balaban J connectivity index is 1.50. The molecule has 46 heavy (non-hydrogen) atoms. The smallest absolute Gasteiger partial charge is 0.331 e. The van der Waals surface area contributed by atoms with Crippen LogP contribution in [-0.4, -0.2) is 70.0 Å². The van der Waals surface area contributed by atoms with E-state index in [-0.39, 0.29) is 29.1 Å². The van der Waals surface area contributed by atoms with Crippen molar-refractivity contribution in [3.8, 4) is 17.0 Å². The number of carbonyl (C=O) groups is 2. The molecule has 6 rings (SSSR count). The minimum Gasteiger partial charge on any atom is -0.496 e. The molecule has 3 atom stereocenters. The summed E-state index contributed by atoms with van der Waals surface area (Å²) in [5, 5.41) is 25.6. The maximum atomic E-state index is 18.0. The van der Waals surface area contributed by atoms with E-state index in [0.29, 0.717) is 11.4 Å². The summed E-state index contributed by atoms with van der Waals surface area (Å²) in [5.41, 5.74) is -2.30. The van der Waals surface area contributed by atoms with Crippen molar-refractivity contribution in [2.75, 3.05) is 7.11 Å². The highest BCUT2D eigenvalue weighted by Crippen LogP contribution is 2.54. The summed E-state index contributed by atoms with van der Waals surface area (Å²) in [6.45, 7) is 5.40. The van der Waals surface area contributed by atoms with E-state index in [1.165, 1.54) is 28.9 Å². The van der Waals surface area contributed by atoms with Crippen LogP contribution in [-0.2, 0) is 23.3 Å². The number of hydrogen-bond donors (Lipinski definition) is 1. The summed E-state index contributed by atoms with van der Waals surface area (Å²) >= 11 is 1.16. The van der Waals surface area contributed by atoms with Crippen molar-refractivity contribution in [1.29, 1.82) is 0 Å². The van der Waals surface area contributed by atoms with Crippen molar-refractivity contribution in [2.45, 2.75) is 62.9 Å². The number of rotatable bonds is 9. The molecule has 11 nitrogen and oxygen atoms in total. The van der Waals surface area contributed by atoms with E-state index in [0.717, 1.165) is 27.4 Å². The predicted octanol–water partition coefficient (Wildman–Crippen LogP) is 5.42. The summed E-state index contributed by atoms with van der Waals surface area (Å²) in [4.78, 5) is 33.7. The van der Waals surface area contributed by atoms with Crippen LogP contribution >= 0.6 is 11.3 Å². The van der Waals surface area contributed by atoms with Gasteiger partial charge in [0.05, 0.1) is 26.4 Å². The summed E-state index contributed by atoms with van der Waals surface area (Å²) in [6.07, 6.45) is 5.68. The second-order valence-electron chi connectivity index (χ2n) is 12.5. The first-order valence-electron chi connectivity index (χ1n) is 14.7. The Bertz CT molecular complexity index is 1840. The molecule has 238 valence electrons. The van der Waals surface area contributed by atoms with E-state index < -0.39 is 35.5 Å². The molecule has 0 aliphatic carbocycles. The minimum atomic E-state index is -2.32. The molecule has 0 radical (unpaired) electrons. The molecule has 0 bridgehead atoms. The molecule has 4 heterocycles. The van der Waals surface area contributed by atoms with Crippen LogP contribution in [0, 0.1) is 0 Å². The number of carboxylic acids is 1. The van der Waals surface area contributed by atoms with Gasteiger partial charge in [-0.25, -0.2) is 18.9 Å². The van der Waals surface area contributed by atoms with Crippen LogP contribution < -0.4 is 4.74 Å². The van der Waals surface area contributed by atoms with Crippen LogP contribution in [0.1, 0.15) is 54.2 Å². The highest BCUT2D eigenvalue weighted by atomic mass is 32.1. The van der Waals surface area contributed by atoms with Crippen LogP contribution in [0.2, 0.25) is 0 Å². The molecule has 1 amide bonds. The molecular weight excluding hydrogens is 609 g/mol. The van der Waals surface area contributed by atoms with E-state index in [4.69, 9.17) is 4.74 Å². The number of amides is 1. The molecular formula is C33H34FN7O4S. The summed E-state index contributed by atoms with van der Waals surface area (Å²) in [7, 11) is 1.51. The SMILES string of the molecule is COc1cc(C(=O)N2C(c3nccs3)C(F)(Cn3cc(-c4ccccc4)nn3)CC2(Cn2cccn2)C(=O)O)ccc1C(C)(C)C. The summed E-state index contributed by atoms with van der Waals surface area (Å²) in [5.74, 6) is -1.56. The number of aliphatic carboxylic acids is 1. The zero-order valence-corrected chi connectivity index (χ0v) is 26.7. The standard InChI is InChI=1S/C33H34FN7O4S/c1-31(2,3)24-12-11-23(17-26(24)45-4)29(42)41-27(28-35-14-16-46-28)32(34,19-33(41,30(43)44)21-39-15-8-13-36-39)20-40-18-25(37-38-40)22-9-6-5-7-10-22/h5-18,27H,19-21H2,1-4H3,(H,43,44). The molecule has 0 spiro atoms. The number of carbonyl (C=O) groups excluding carboxylic acids is 1. The molecule has 5 aromatic rings. The Morgan fingerprint density at radius 2 is 1.87 bits per heavy atom. The van der Waals surface area contributed by atoms with E-state index in [9.17, 15) is 14.7 Å². The third-order valence-electron chi connectivity index (χ3n) is 8.37. The summed E-state index contributed by atoms with van der Waals surface area (Å²) in [6, 6.07) is 14.6. The quantitative estimate of drug-likeness (QED) is 0.226. The third-order valence-corrected chi connectivity index (χ3v) is 9.20. The van der Waals surface area contributed by atoms with Gasteiger partial charge in [-0.1, -0.05) is 62.4 Å². The number of carboxylic acid groups (broad SMARTS) is 1. The molecule has 3 aromatic heterocycles. The zero-order valence-electron chi connectivity index (χ0n) is 25.9. The highest BCUT2D eigenvalue weighted by Gasteiger charge is 2.67. The second kappa shape index (κ2) is 11.8. The van der Waals surface area contributed by atoms with Gasteiger partial charge in [-0.3, -0.25) is 9.48 Å². The van der Waals surface area contributed by atoms with Crippen molar-refractivity contribution in [3.05, 3.63) is 101 Å². The Kier molecular flexibility index (Phi) is 7.97. The third kappa shape index (κ3) is 5.55. The lowest BCUT2D eigenvalue weighted by Gasteiger charge is -2.37. The number of halogens is 1. The Morgan fingerprint density at radius 3 is 2.50 bits per heavy atom. The van der Waals surface area contributed by atoms with Crippen molar-refractivity contribution in [1.82, 2.24) is 34.7 Å². The maximum Gasteiger partial charge on any atom is 0.331 e. The Labute approximate surface area is 269 Å². The molecule has 1 saturated heterocycles. The molecule has 2 aromatic carbocycles. The Morgan fingerprint density at radius 1 is 1.09 bits per heavy atom. The molecule has 1 aliphatic rings. The number of nitrogens with zero attached hydrogens (tertiary/aromatic N) is 7. The van der Waals surface area contributed by atoms with Gasteiger partial charge in [0.2, 0.25) is 0 Å². The first-order chi connectivity index (χ1) is 21.9. The predicted molar refractivity (Wildman–Crippen MR) is 169 cm³/mol. The van der Waals surface area contributed by atoms with Gasteiger partial charge in [-0.05, 0) is 29.2 Å². The van der Waals surface area contributed by atoms with Gasteiger partial charge in [-0.15, -0.1) is 16.4 Å². The topological polar surface area (TPSA) is 128 Å². The van der Waals surface area contributed by atoms with E-state index in [1.54, 1.807) is 42.0 Å². The van der Waals surface area contributed by atoms with Gasteiger partial charge in [0.1, 0.15) is 22.5 Å². The number of thiazole rings is 1. The molecule has 1 fully saturated rings. The van der Waals surface area contributed by atoms with Crippen LogP contribution in [0.4, 0.5) is 4.39 Å². The summed E-state index contributed by atoms with van der Waals surface area (Å²) < 4.78 is 26.4. The second-order valence-corrected chi connectivity index (χ2v) is 13.5. The van der Waals surface area contributed by atoms with Crippen LogP contribution in [0.25, 0.3) is 11.3 Å². The molecule has 3 unspecified atom stereocenters. The van der Waals surface area contributed by atoms with Gasteiger partial charge >= 0.3 is 5.97 Å². The average Bonchev–Trinajstić information content (AvgIpc) is 3.85. The largest absolute Gasteiger partial charge is 0.496 e. The maximum absolute atomic E-state index is 18.0. The van der Waals surface area contributed by atoms with Crippen molar-refractivity contribution in [3.63, 3.8) is 0 Å². The number of aromatic nitrogens is 6. The monoisotopic (exact) mass is 643 g/mol. The van der Waals surface area contributed by atoms with Gasteiger partial charge in [0.25, 0.3) is 5.91 Å². The lowest BCUT2D eigenvalue weighted by Crippen LogP contribution is -2.56. The van der Waals surface area contributed by atoms with Gasteiger partial charge < -0.3 is 14.7 Å².